The highest BCUT2D eigenvalue weighted by Crippen LogP contribution is 2.22. The van der Waals surface area contributed by atoms with Gasteiger partial charge in [0.05, 0.1) is 17.2 Å². The third kappa shape index (κ3) is 3.29. The summed E-state index contributed by atoms with van der Waals surface area (Å²) in [5.41, 5.74) is 0.202. The number of halogens is 3. The summed E-state index contributed by atoms with van der Waals surface area (Å²) < 4.78 is 13.4. The van der Waals surface area contributed by atoms with E-state index in [2.05, 4.69) is 5.32 Å². The lowest BCUT2D eigenvalue weighted by molar-refractivity contribution is 0.0922. The number of benzene rings is 1. The summed E-state index contributed by atoms with van der Waals surface area (Å²) >= 11 is 7.54. The summed E-state index contributed by atoms with van der Waals surface area (Å²) in [7, 11) is 0. The molecule has 3 nitrogen and oxygen atoms in total. The first-order valence-corrected chi connectivity index (χ1v) is 5.97. The molecule has 1 aromatic rings. The van der Waals surface area contributed by atoms with Crippen molar-refractivity contribution in [2.45, 2.75) is 13.0 Å². The molecule has 0 fully saturated rings. The van der Waals surface area contributed by atoms with Crippen LogP contribution in [0.15, 0.2) is 12.1 Å². The van der Waals surface area contributed by atoms with Crippen LogP contribution in [-0.2, 0) is 0 Å². The Hall–Kier alpha value is -0.400. The van der Waals surface area contributed by atoms with Gasteiger partial charge in [-0.2, -0.15) is 0 Å². The largest absolute Gasteiger partial charge is 0.394 e. The Balaban J connectivity index is 2.96. The van der Waals surface area contributed by atoms with Gasteiger partial charge in [0.2, 0.25) is 0 Å². The van der Waals surface area contributed by atoms with E-state index in [9.17, 15) is 9.18 Å². The van der Waals surface area contributed by atoms with Crippen molar-refractivity contribution >= 4 is 40.1 Å². The van der Waals surface area contributed by atoms with Crippen LogP contribution in [0, 0.1) is 9.39 Å². The molecule has 0 radical (unpaired) electrons. The normalized spacial score (nSPS) is 12.3. The molecule has 0 saturated heterocycles. The third-order valence-electron chi connectivity index (χ3n) is 1.91. The molecule has 2 N–H and O–H groups in total. The van der Waals surface area contributed by atoms with Crippen LogP contribution in [0.3, 0.4) is 0 Å². The second kappa shape index (κ2) is 5.79. The summed E-state index contributed by atoms with van der Waals surface area (Å²) in [4.78, 5) is 11.7. The lowest BCUT2D eigenvalue weighted by atomic mass is 10.2. The van der Waals surface area contributed by atoms with Gasteiger partial charge in [0.15, 0.2) is 0 Å². The molecule has 0 aromatic heterocycles. The van der Waals surface area contributed by atoms with E-state index in [1.807, 2.05) is 0 Å². The highest BCUT2D eigenvalue weighted by Gasteiger charge is 2.15. The van der Waals surface area contributed by atoms with Crippen molar-refractivity contribution in [2.24, 2.45) is 0 Å². The van der Waals surface area contributed by atoms with Crippen molar-refractivity contribution in [3.05, 3.63) is 32.1 Å². The maximum atomic E-state index is 13.1. The summed E-state index contributed by atoms with van der Waals surface area (Å²) in [6.45, 7) is 1.49. The average molecular weight is 358 g/mol. The van der Waals surface area contributed by atoms with Gasteiger partial charge >= 0.3 is 0 Å². The topological polar surface area (TPSA) is 49.3 Å². The third-order valence-corrected chi connectivity index (χ3v) is 3.05. The van der Waals surface area contributed by atoms with Gasteiger partial charge in [-0.25, -0.2) is 4.39 Å². The van der Waals surface area contributed by atoms with Crippen molar-refractivity contribution in [1.82, 2.24) is 5.32 Å². The van der Waals surface area contributed by atoms with Crippen molar-refractivity contribution < 1.29 is 14.3 Å². The summed E-state index contributed by atoms with van der Waals surface area (Å²) in [5, 5.41) is 11.4. The molecule has 0 aliphatic rings. The molecule has 1 atom stereocenters. The fourth-order valence-electron chi connectivity index (χ4n) is 1.04. The highest BCUT2D eigenvalue weighted by atomic mass is 127. The Bertz CT molecular complexity index is 414. The Labute approximate surface area is 111 Å². The van der Waals surface area contributed by atoms with Crippen LogP contribution in [0.5, 0.6) is 0 Å². The van der Waals surface area contributed by atoms with Crippen LogP contribution >= 0.6 is 34.2 Å². The Morgan fingerprint density at radius 1 is 1.69 bits per heavy atom. The highest BCUT2D eigenvalue weighted by molar-refractivity contribution is 14.1. The van der Waals surface area contributed by atoms with Crippen molar-refractivity contribution in [3.63, 3.8) is 0 Å². The Kier molecular flexibility index (Phi) is 4.94. The fraction of sp³-hybridized carbons (Fsp3) is 0.300. The van der Waals surface area contributed by atoms with Gasteiger partial charge in [-0.1, -0.05) is 11.6 Å². The zero-order chi connectivity index (χ0) is 12.3. The van der Waals surface area contributed by atoms with E-state index < -0.39 is 11.7 Å². The van der Waals surface area contributed by atoms with Crippen LogP contribution < -0.4 is 5.32 Å². The lowest BCUT2D eigenvalue weighted by Crippen LogP contribution is -2.35. The van der Waals surface area contributed by atoms with E-state index in [4.69, 9.17) is 16.7 Å². The zero-order valence-electron chi connectivity index (χ0n) is 8.43. The SMILES string of the molecule is C[C@@H](CO)NC(=O)c1cc(I)c(F)cc1Cl. The van der Waals surface area contributed by atoms with Crippen LogP contribution in [0.4, 0.5) is 4.39 Å². The first kappa shape index (κ1) is 13.7. The number of hydrogen-bond donors (Lipinski definition) is 2. The van der Waals surface area contributed by atoms with Gasteiger partial charge < -0.3 is 10.4 Å². The van der Waals surface area contributed by atoms with Gasteiger partial charge in [-0.15, -0.1) is 0 Å². The molecule has 0 saturated carbocycles. The van der Waals surface area contributed by atoms with E-state index in [0.29, 0.717) is 3.57 Å². The van der Waals surface area contributed by atoms with E-state index >= 15 is 0 Å². The lowest BCUT2D eigenvalue weighted by Gasteiger charge is -2.12. The first-order chi connectivity index (χ1) is 7.45. The maximum absolute atomic E-state index is 13.1. The van der Waals surface area contributed by atoms with E-state index in [1.54, 1.807) is 29.5 Å². The summed E-state index contributed by atoms with van der Waals surface area (Å²) in [6.07, 6.45) is 0. The molecular formula is C10H10ClFINO2. The molecule has 1 rings (SSSR count). The van der Waals surface area contributed by atoms with Crippen molar-refractivity contribution in [2.75, 3.05) is 6.61 Å². The molecule has 0 aliphatic heterocycles. The predicted molar refractivity (Wildman–Crippen MR) is 68.1 cm³/mol. The van der Waals surface area contributed by atoms with E-state index in [-0.39, 0.29) is 23.2 Å². The standard InChI is InChI=1S/C10H10ClFINO2/c1-5(4-15)14-10(16)6-2-9(13)8(12)3-7(6)11/h2-3,5,15H,4H2,1H3,(H,14,16)/t5-/m0/s1. The second-order valence-electron chi connectivity index (χ2n) is 3.30. The molecule has 0 unspecified atom stereocenters. The number of carbonyl (C=O) groups excluding carboxylic acids is 1. The smallest absolute Gasteiger partial charge is 0.253 e. The minimum atomic E-state index is -0.461. The molecule has 0 heterocycles. The monoisotopic (exact) mass is 357 g/mol. The number of rotatable bonds is 3. The number of aliphatic hydroxyl groups is 1. The van der Waals surface area contributed by atoms with Crippen molar-refractivity contribution in [3.8, 4) is 0 Å². The second-order valence-corrected chi connectivity index (χ2v) is 4.87. The zero-order valence-corrected chi connectivity index (χ0v) is 11.3. The summed E-state index contributed by atoms with van der Waals surface area (Å²) in [5.74, 6) is -0.887. The predicted octanol–water partition coefficient (Wildman–Crippen LogP) is 2.19. The van der Waals surface area contributed by atoms with Crippen LogP contribution in [0.2, 0.25) is 5.02 Å². The fourth-order valence-corrected chi connectivity index (χ4v) is 1.75. The van der Waals surface area contributed by atoms with Crippen LogP contribution in [0.1, 0.15) is 17.3 Å². The van der Waals surface area contributed by atoms with E-state index in [1.165, 1.54) is 6.07 Å². The van der Waals surface area contributed by atoms with Crippen LogP contribution in [-0.4, -0.2) is 23.7 Å². The molecule has 1 aromatic carbocycles. The number of carbonyl (C=O) groups is 1. The minimum Gasteiger partial charge on any atom is -0.394 e. The molecular weight excluding hydrogens is 347 g/mol. The molecule has 0 bridgehead atoms. The van der Waals surface area contributed by atoms with Gasteiger partial charge in [0.25, 0.3) is 5.91 Å². The Morgan fingerprint density at radius 3 is 2.88 bits per heavy atom. The molecule has 1 amide bonds. The summed E-state index contributed by atoms with van der Waals surface area (Å²) in [6, 6.07) is 2.10. The molecule has 6 heteroatoms. The quantitative estimate of drug-likeness (QED) is 0.644. The number of hydrogen-bond acceptors (Lipinski definition) is 2. The molecule has 0 spiro atoms. The number of amides is 1. The van der Waals surface area contributed by atoms with Gasteiger partial charge in [0.1, 0.15) is 5.82 Å². The van der Waals surface area contributed by atoms with Gasteiger partial charge in [-0.3, -0.25) is 4.79 Å². The minimum absolute atomic E-state index is 0.0561. The van der Waals surface area contributed by atoms with Crippen molar-refractivity contribution in [1.29, 1.82) is 0 Å². The number of aliphatic hydroxyl groups excluding tert-OH is 1. The first-order valence-electron chi connectivity index (χ1n) is 4.52. The van der Waals surface area contributed by atoms with Gasteiger partial charge in [0, 0.05) is 9.61 Å². The molecule has 0 aliphatic carbocycles. The number of nitrogens with one attached hydrogen (secondary N) is 1. The van der Waals surface area contributed by atoms with Crippen LogP contribution in [0.25, 0.3) is 0 Å². The van der Waals surface area contributed by atoms with E-state index in [0.717, 1.165) is 6.07 Å². The Morgan fingerprint density at radius 2 is 2.31 bits per heavy atom. The maximum Gasteiger partial charge on any atom is 0.253 e. The average Bonchev–Trinajstić information content (AvgIpc) is 2.23. The molecule has 88 valence electrons. The molecule has 16 heavy (non-hydrogen) atoms. The van der Waals surface area contributed by atoms with Gasteiger partial charge in [-0.05, 0) is 41.6 Å².